The van der Waals surface area contributed by atoms with Crippen LogP contribution in [0.4, 0.5) is 4.79 Å². The molecule has 0 aliphatic heterocycles. The fourth-order valence-electron chi connectivity index (χ4n) is 0.573. The number of aliphatic hydroxyl groups is 2. The predicted octanol–water partition coefficient (Wildman–Crippen LogP) is -0.684. The number of nitrogens with zero attached hydrogens (tertiary/aromatic N) is 2. The van der Waals surface area contributed by atoms with E-state index in [9.17, 15) is 4.79 Å². The van der Waals surface area contributed by atoms with Gasteiger partial charge in [0.05, 0.1) is 26.3 Å². The van der Waals surface area contributed by atoms with Crippen molar-refractivity contribution < 1.29 is 19.8 Å². The number of carbonyl (C=O) groups excluding carboxylic acids is 1. The van der Waals surface area contributed by atoms with E-state index in [1.165, 1.54) is 0 Å². The summed E-state index contributed by atoms with van der Waals surface area (Å²) in [6.07, 6.45) is -0.798. The quantitative estimate of drug-likeness (QED) is 0.370. The van der Waals surface area contributed by atoms with Gasteiger partial charge in [0.25, 0.3) is 0 Å². The van der Waals surface area contributed by atoms with Gasteiger partial charge in [-0.05, 0) is 25.6 Å². The Balaban J connectivity index is 3.86. The van der Waals surface area contributed by atoms with Gasteiger partial charge in [0.15, 0.2) is 0 Å². The van der Waals surface area contributed by atoms with E-state index in [0.717, 1.165) is 5.06 Å². The van der Waals surface area contributed by atoms with Crippen LogP contribution in [-0.4, -0.2) is 51.4 Å². The molecule has 2 N–H and O–H groups in total. The van der Waals surface area contributed by atoms with Gasteiger partial charge in [0, 0.05) is 0 Å². The SMILES string of the molecule is O=C(ON(CCO)CCO)N(S)S. The molecule has 6 nitrogen and oxygen atoms in total. The van der Waals surface area contributed by atoms with Crippen LogP contribution < -0.4 is 0 Å². The maximum absolute atomic E-state index is 10.8. The maximum atomic E-state index is 10.8. The van der Waals surface area contributed by atoms with Crippen LogP contribution in [0.25, 0.3) is 0 Å². The molecule has 0 heterocycles. The molecular weight excluding hydrogens is 216 g/mol. The number of hydroxylamine groups is 2. The number of rotatable bonds is 5. The molecule has 0 spiro atoms. The van der Waals surface area contributed by atoms with Crippen molar-refractivity contribution >= 4 is 31.7 Å². The third-order valence-corrected chi connectivity index (χ3v) is 1.40. The van der Waals surface area contributed by atoms with E-state index < -0.39 is 6.09 Å². The highest BCUT2D eigenvalue weighted by atomic mass is 32.2. The summed E-state index contributed by atoms with van der Waals surface area (Å²) in [4.78, 5) is 15.5. The second-order valence-electron chi connectivity index (χ2n) is 2.02. The van der Waals surface area contributed by atoms with Crippen molar-refractivity contribution in [1.29, 1.82) is 0 Å². The summed E-state index contributed by atoms with van der Waals surface area (Å²) < 4.78 is 0.655. The molecule has 0 aliphatic carbocycles. The molecule has 0 aromatic heterocycles. The van der Waals surface area contributed by atoms with Gasteiger partial charge in [-0.25, -0.2) is 4.79 Å². The van der Waals surface area contributed by atoms with Crippen LogP contribution in [0, 0.1) is 0 Å². The molecule has 0 aliphatic rings. The Morgan fingerprint density at radius 1 is 1.23 bits per heavy atom. The Morgan fingerprint density at radius 2 is 1.69 bits per heavy atom. The average Bonchev–Trinajstić information content (AvgIpc) is 2.05. The summed E-state index contributed by atoms with van der Waals surface area (Å²) in [5.41, 5.74) is 0. The summed E-state index contributed by atoms with van der Waals surface area (Å²) in [6.45, 7) is -0.0950. The lowest BCUT2D eigenvalue weighted by Gasteiger charge is -2.20. The molecule has 0 rings (SSSR count). The van der Waals surface area contributed by atoms with Crippen LogP contribution in [0.2, 0.25) is 0 Å². The minimum absolute atomic E-state index is 0.127. The zero-order chi connectivity index (χ0) is 10.3. The fourth-order valence-corrected chi connectivity index (χ4v) is 0.646. The van der Waals surface area contributed by atoms with Crippen molar-refractivity contribution in [2.24, 2.45) is 0 Å². The van der Waals surface area contributed by atoms with E-state index >= 15 is 0 Å². The summed E-state index contributed by atoms with van der Waals surface area (Å²) >= 11 is 7.15. The van der Waals surface area contributed by atoms with Crippen molar-refractivity contribution in [1.82, 2.24) is 8.77 Å². The van der Waals surface area contributed by atoms with Gasteiger partial charge in [-0.2, -0.15) is 3.71 Å². The van der Waals surface area contributed by atoms with Crippen molar-refractivity contribution in [3.63, 3.8) is 0 Å². The largest absolute Gasteiger partial charge is 0.449 e. The second-order valence-corrected chi connectivity index (χ2v) is 3.14. The lowest BCUT2D eigenvalue weighted by atomic mass is 10.6. The van der Waals surface area contributed by atoms with E-state index in [1.54, 1.807) is 0 Å². The highest BCUT2D eigenvalue weighted by Crippen LogP contribution is 2.02. The minimum atomic E-state index is -0.798. The normalized spacial score (nSPS) is 10.2. The highest BCUT2D eigenvalue weighted by molar-refractivity contribution is 7.94. The summed E-state index contributed by atoms with van der Waals surface area (Å²) in [5, 5.41) is 18.2. The van der Waals surface area contributed by atoms with Crippen molar-refractivity contribution in [2.75, 3.05) is 26.3 Å². The molecule has 0 saturated carbocycles. The number of hydrogen-bond acceptors (Lipinski definition) is 7. The lowest BCUT2D eigenvalue weighted by molar-refractivity contribution is -0.114. The van der Waals surface area contributed by atoms with E-state index in [-0.39, 0.29) is 26.3 Å². The monoisotopic (exact) mass is 228 g/mol. The Bertz CT molecular complexity index is 151. The Kier molecular flexibility index (Phi) is 7.19. The van der Waals surface area contributed by atoms with Crippen LogP contribution in [0.3, 0.4) is 0 Å². The zero-order valence-electron chi connectivity index (χ0n) is 6.83. The lowest BCUT2D eigenvalue weighted by Crippen LogP contribution is -2.34. The summed E-state index contributed by atoms with van der Waals surface area (Å²) in [5.74, 6) is 0. The number of carbonyl (C=O) groups is 1. The minimum Gasteiger partial charge on any atom is -0.395 e. The second kappa shape index (κ2) is 7.27. The molecule has 0 saturated heterocycles. The topological polar surface area (TPSA) is 73.2 Å². The first kappa shape index (κ1) is 12.8. The number of thiol groups is 2. The van der Waals surface area contributed by atoms with Gasteiger partial charge >= 0.3 is 6.09 Å². The van der Waals surface area contributed by atoms with Crippen molar-refractivity contribution in [2.45, 2.75) is 0 Å². The number of aliphatic hydroxyl groups excluding tert-OH is 2. The molecule has 0 fully saturated rings. The van der Waals surface area contributed by atoms with E-state index in [0.29, 0.717) is 3.71 Å². The highest BCUT2D eigenvalue weighted by Gasteiger charge is 2.13. The van der Waals surface area contributed by atoms with Crippen molar-refractivity contribution in [3.05, 3.63) is 0 Å². The van der Waals surface area contributed by atoms with Gasteiger partial charge in [0.2, 0.25) is 0 Å². The van der Waals surface area contributed by atoms with Gasteiger partial charge in [0.1, 0.15) is 0 Å². The third-order valence-electron chi connectivity index (χ3n) is 1.07. The molecule has 13 heavy (non-hydrogen) atoms. The van der Waals surface area contributed by atoms with Crippen LogP contribution in [0.1, 0.15) is 0 Å². The first-order valence-corrected chi connectivity index (χ1v) is 4.28. The first-order valence-electron chi connectivity index (χ1n) is 3.48. The zero-order valence-corrected chi connectivity index (χ0v) is 8.62. The molecule has 0 bridgehead atoms. The molecule has 1 amide bonds. The van der Waals surface area contributed by atoms with Gasteiger partial charge in [-0.3, -0.25) is 0 Å². The standard InChI is InChI=1S/C5H12N2O4S2/c8-3-1-6(2-4-9)11-5(10)7(12)13/h8-9,12-13H,1-4H2. The molecule has 8 heteroatoms. The predicted molar refractivity (Wildman–Crippen MR) is 52.0 cm³/mol. The fraction of sp³-hybridized carbons (Fsp3) is 0.800. The number of amides is 1. The summed E-state index contributed by atoms with van der Waals surface area (Å²) in [6, 6.07) is 0. The maximum Gasteiger partial charge on any atom is 0.449 e. The average molecular weight is 228 g/mol. The van der Waals surface area contributed by atoms with Crippen LogP contribution in [0.5, 0.6) is 0 Å². The van der Waals surface area contributed by atoms with Crippen LogP contribution in [0.15, 0.2) is 0 Å². The molecular formula is C5H12N2O4S2. The summed E-state index contributed by atoms with van der Waals surface area (Å²) in [7, 11) is 0. The first-order chi connectivity index (χ1) is 6.11. The molecule has 0 atom stereocenters. The Labute approximate surface area is 87.1 Å². The molecule has 0 aromatic carbocycles. The molecule has 0 aromatic rings. The molecule has 78 valence electrons. The molecule has 0 unspecified atom stereocenters. The van der Waals surface area contributed by atoms with E-state index in [4.69, 9.17) is 10.2 Å². The number of hydrogen-bond donors (Lipinski definition) is 4. The Morgan fingerprint density at radius 3 is 2.00 bits per heavy atom. The third kappa shape index (κ3) is 5.99. The molecule has 0 radical (unpaired) electrons. The van der Waals surface area contributed by atoms with E-state index in [2.05, 4.69) is 30.5 Å². The Hall–Kier alpha value is -0.150. The van der Waals surface area contributed by atoms with E-state index in [1.807, 2.05) is 0 Å². The van der Waals surface area contributed by atoms with Crippen molar-refractivity contribution in [3.8, 4) is 0 Å². The van der Waals surface area contributed by atoms with Gasteiger partial charge < -0.3 is 15.1 Å². The smallest absolute Gasteiger partial charge is 0.395 e. The van der Waals surface area contributed by atoms with Gasteiger partial charge in [-0.1, -0.05) is 0 Å². The van der Waals surface area contributed by atoms with Gasteiger partial charge in [-0.15, -0.1) is 5.06 Å². The van der Waals surface area contributed by atoms with Crippen LogP contribution >= 0.6 is 25.6 Å². The van der Waals surface area contributed by atoms with Crippen LogP contribution in [-0.2, 0) is 4.84 Å².